The molecule has 0 bridgehead atoms. The van der Waals surface area contributed by atoms with Crippen LogP contribution in [0.2, 0.25) is 5.28 Å². The first-order valence-corrected chi connectivity index (χ1v) is 9.58. The third kappa shape index (κ3) is 4.05. The summed E-state index contributed by atoms with van der Waals surface area (Å²) in [5, 5.41) is 0.277. The van der Waals surface area contributed by atoms with Crippen molar-refractivity contribution in [2.24, 2.45) is 0 Å². The maximum absolute atomic E-state index is 6.13. The molecular formula is C17H19ClN4O2S. The van der Waals surface area contributed by atoms with Crippen molar-refractivity contribution >= 4 is 39.0 Å². The fraction of sp³-hybridized carbons (Fsp3) is 0.529. The fourth-order valence-electron chi connectivity index (χ4n) is 2.94. The molecule has 2 aliphatic heterocycles. The van der Waals surface area contributed by atoms with Crippen LogP contribution in [-0.4, -0.2) is 74.0 Å². The Hall–Kier alpha value is -1.43. The Balaban J connectivity index is 1.57. The van der Waals surface area contributed by atoms with Gasteiger partial charge in [0.2, 0.25) is 5.28 Å². The lowest BCUT2D eigenvalue weighted by molar-refractivity contribution is 0.0443. The van der Waals surface area contributed by atoms with Gasteiger partial charge in [-0.2, -0.15) is 4.98 Å². The molecule has 2 saturated heterocycles. The average molecular weight is 379 g/mol. The lowest BCUT2D eigenvalue weighted by Crippen LogP contribution is -2.36. The monoisotopic (exact) mass is 378 g/mol. The molecule has 132 valence electrons. The number of rotatable bonds is 2. The molecular weight excluding hydrogens is 360 g/mol. The van der Waals surface area contributed by atoms with Gasteiger partial charge in [-0.25, -0.2) is 4.98 Å². The van der Waals surface area contributed by atoms with E-state index in [9.17, 15) is 0 Å². The van der Waals surface area contributed by atoms with Crippen LogP contribution in [0.15, 0.2) is 6.07 Å². The smallest absolute Gasteiger partial charge is 0.224 e. The molecule has 0 aliphatic carbocycles. The molecule has 6 nitrogen and oxygen atoms in total. The Morgan fingerprint density at radius 2 is 1.80 bits per heavy atom. The van der Waals surface area contributed by atoms with E-state index in [2.05, 4.69) is 31.6 Å². The highest BCUT2D eigenvalue weighted by Crippen LogP contribution is 2.33. The van der Waals surface area contributed by atoms with E-state index in [1.165, 1.54) is 0 Å². The highest BCUT2D eigenvalue weighted by Gasteiger charge is 2.19. The van der Waals surface area contributed by atoms with E-state index in [1.807, 2.05) is 6.07 Å². The standard InChI is InChI=1S/C17H19ClN4O2S/c18-17-19-14-12-13(2-1-3-21-4-8-23-9-5-21)25-15(14)16(20-17)22-6-10-24-11-7-22/h12H,3-11H2. The van der Waals surface area contributed by atoms with Gasteiger partial charge in [0.15, 0.2) is 5.82 Å². The molecule has 0 aromatic carbocycles. The quantitative estimate of drug-likeness (QED) is 0.587. The molecule has 2 fully saturated rings. The van der Waals surface area contributed by atoms with Crippen LogP contribution in [0.1, 0.15) is 4.88 Å². The maximum atomic E-state index is 6.13. The second-order valence-electron chi connectivity index (χ2n) is 5.93. The van der Waals surface area contributed by atoms with Gasteiger partial charge < -0.3 is 14.4 Å². The number of hydrogen-bond acceptors (Lipinski definition) is 7. The summed E-state index contributed by atoms with van der Waals surface area (Å²) in [7, 11) is 0. The van der Waals surface area contributed by atoms with Crippen LogP contribution >= 0.6 is 22.9 Å². The van der Waals surface area contributed by atoms with Crippen LogP contribution in [0.4, 0.5) is 5.82 Å². The Kier molecular flexibility index (Phi) is 5.34. The van der Waals surface area contributed by atoms with Gasteiger partial charge >= 0.3 is 0 Å². The number of thiophene rings is 1. The van der Waals surface area contributed by atoms with Crippen LogP contribution < -0.4 is 4.90 Å². The first kappa shape index (κ1) is 17.0. The third-order valence-electron chi connectivity index (χ3n) is 4.26. The van der Waals surface area contributed by atoms with E-state index < -0.39 is 0 Å². The second-order valence-corrected chi connectivity index (χ2v) is 7.32. The largest absolute Gasteiger partial charge is 0.379 e. The van der Waals surface area contributed by atoms with Crippen LogP contribution in [-0.2, 0) is 9.47 Å². The molecule has 0 saturated carbocycles. The van der Waals surface area contributed by atoms with Gasteiger partial charge in [-0.1, -0.05) is 11.8 Å². The minimum atomic E-state index is 0.277. The highest BCUT2D eigenvalue weighted by atomic mass is 35.5. The molecule has 2 aromatic heterocycles. The minimum Gasteiger partial charge on any atom is -0.379 e. The van der Waals surface area contributed by atoms with E-state index in [-0.39, 0.29) is 5.28 Å². The van der Waals surface area contributed by atoms with Crippen LogP contribution in [0, 0.1) is 11.8 Å². The van der Waals surface area contributed by atoms with E-state index in [0.29, 0.717) is 13.2 Å². The summed E-state index contributed by atoms with van der Waals surface area (Å²) >= 11 is 7.76. The molecule has 25 heavy (non-hydrogen) atoms. The van der Waals surface area contributed by atoms with Crippen molar-refractivity contribution in [3.63, 3.8) is 0 Å². The fourth-order valence-corrected chi connectivity index (χ4v) is 4.10. The van der Waals surface area contributed by atoms with Crippen molar-refractivity contribution in [2.75, 3.05) is 64.1 Å². The van der Waals surface area contributed by atoms with Gasteiger partial charge in [0, 0.05) is 26.2 Å². The highest BCUT2D eigenvalue weighted by molar-refractivity contribution is 7.20. The summed E-state index contributed by atoms with van der Waals surface area (Å²) in [6, 6.07) is 2.00. The van der Waals surface area contributed by atoms with Crippen molar-refractivity contribution in [1.82, 2.24) is 14.9 Å². The summed E-state index contributed by atoms with van der Waals surface area (Å²) in [5.41, 5.74) is 0.863. The molecule has 4 rings (SSSR count). The first-order chi connectivity index (χ1) is 12.3. The molecule has 2 aromatic rings. The van der Waals surface area contributed by atoms with Crippen molar-refractivity contribution in [3.05, 3.63) is 16.2 Å². The van der Waals surface area contributed by atoms with Crippen molar-refractivity contribution in [1.29, 1.82) is 0 Å². The molecule has 0 radical (unpaired) electrons. The Bertz CT molecular complexity index is 804. The number of hydrogen-bond donors (Lipinski definition) is 0. The van der Waals surface area contributed by atoms with Crippen LogP contribution in [0.25, 0.3) is 10.2 Å². The normalized spacial score (nSPS) is 19.0. The molecule has 0 atom stereocenters. The number of morpholine rings is 2. The Morgan fingerprint density at radius 1 is 1.08 bits per heavy atom. The number of ether oxygens (including phenoxy) is 2. The minimum absolute atomic E-state index is 0.277. The predicted octanol–water partition coefficient (Wildman–Crippen LogP) is 1.87. The summed E-state index contributed by atoms with van der Waals surface area (Å²) in [4.78, 5) is 14.3. The van der Waals surface area contributed by atoms with E-state index in [0.717, 1.165) is 66.8 Å². The maximum Gasteiger partial charge on any atom is 0.224 e. The van der Waals surface area contributed by atoms with Gasteiger partial charge in [-0.05, 0) is 17.7 Å². The molecule has 8 heteroatoms. The molecule has 0 spiro atoms. The Labute approximate surface area is 155 Å². The van der Waals surface area contributed by atoms with Crippen LogP contribution in [0.3, 0.4) is 0 Å². The van der Waals surface area contributed by atoms with Gasteiger partial charge in [-0.15, -0.1) is 11.3 Å². The zero-order valence-electron chi connectivity index (χ0n) is 13.8. The first-order valence-electron chi connectivity index (χ1n) is 8.38. The number of nitrogens with zero attached hydrogens (tertiary/aromatic N) is 4. The SMILES string of the molecule is Clc1nc(N2CCOCC2)c2sc(C#CCN3CCOCC3)cc2n1. The number of fused-ring (bicyclic) bond motifs is 1. The van der Waals surface area contributed by atoms with Gasteiger partial charge in [-0.3, -0.25) is 4.90 Å². The molecule has 0 N–H and O–H groups in total. The van der Waals surface area contributed by atoms with Gasteiger partial charge in [0.25, 0.3) is 0 Å². The average Bonchev–Trinajstić information content (AvgIpc) is 3.05. The van der Waals surface area contributed by atoms with Crippen molar-refractivity contribution < 1.29 is 9.47 Å². The lowest BCUT2D eigenvalue weighted by atomic mass is 10.3. The number of halogens is 1. The van der Waals surface area contributed by atoms with Crippen molar-refractivity contribution in [2.45, 2.75) is 0 Å². The lowest BCUT2D eigenvalue weighted by Gasteiger charge is -2.28. The van der Waals surface area contributed by atoms with E-state index >= 15 is 0 Å². The third-order valence-corrected chi connectivity index (χ3v) is 5.46. The molecule has 2 aliphatic rings. The zero-order chi connectivity index (χ0) is 17.1. The summed E-state index contributed by atoms with van der Waals surface area (Å²) in [6.07, 6.45) is 0. The number of aromatic nitrogens is 2. The predicted molar refractivity (Wildman–Crippen MR) is 99.6 cm³/mol. The summed E-state index contributed by atoms with van der Waals surface area (Å²) in [5.74, 6) is 7.42. The summed E-state index contributed by atoms with van der Waals surface area (Å²) < 4.78 is 11.8. The topological polar surface area (TPSA) is 50.7 Å². The molecule has 0 unspecified atom stereocenters. The summed E-state index contributed by atoms with van der Waals surface area (Å²) in [6.45, 7) is 7.30. The van der Waals surface area contributed by atoms with Crippen LogP contribution in [0.5, 0.6) is 0 Å². The van der Waals surface area contributed by atoms with Gasteiger partial charge in [0.1, 0.15) is 0 Å². The molecule has 0 amide bonds. The Morgan fingerprint density at radius 3 is 2.56 bits per heavy atom. The number of anilines is 1. The second kappa shape index (κ2) is 7.85. The van der Waals surface area contributed by atoms with Gasteiger partial charge in [0.05, 0.1) is 48.1 Å². The van der Waals surface area contributed by atoms with E-state index in [4.69, 9.17) is 21.1 Å². The zero-order valence-corrected chi connectivity index (χ0v) is 15.4. The van der Waals surface area contributed by atoms with E-state index in [1.54, 1.807) is 11.3 Å². The van der Waals surface area contributed by atoms with Crippen molar-refractivity contribution in [3.8, 4) is 11.8 Å². The molecule has 4 heterocycles.